The van der Waals surface area contributed by atoms with E-state index in [4.69, 9.17) is 24.4 Å². The first-order valence-corrected chi connectivity index (χ1v) is 28.0. The number of aliphatic hydroxyl groups is 1. The molecule has 1 saturated carbocycles. The lowest BCUT2D eigenvalue weighted by Crippen LogP contribution is -2.24. The fourth-order valence-corrected chi connectivity index (χ4v) is 9.00. The summed E-state index contributed by atoms with van der Waals surface area (Å²) >= 11 is 0. The number of ether oxygens (including phenoxy) is 3. The number of epoxide rings is 1. The van der Waals surface area contributed by atoms with Crippen molar-refractivity contribution in [2.75, 3.05) is 19.8 Å². The van der Waals surface area contributed by atoms with Gasteiger partial charge < -0.3 is 24.4 Å². The average Bonchev–Trinajstić information content (AvgIpc) is 4.12. The van der Waals surface area contributed by atoms with E-state index in [2.05, 4.69) is 32.9 Å². The van der Waals surface area contributed by atoms with E-state index in [0.717, 1.165) is 77.0 Å². The average molecular weight is 917 g/mol. The Labute approximate surface area is 400 Å². The van der Waals surface area contributed by atoms with Gasteiger partial charge in [-0.3, -0.25) is 14.4 Å². The number of fused-ring (bicyclic) bond motifs is 1. The van der Waals surface area contributed by atoms with Crippen LogP contribution in [0.2, 0.25) is 0 Å². The quantitative estimate of drug-likeness (QED) is 0.0279. The Morgan fingerprint density at radius 3 is 1.15 bits per heavy atom. The summed E-state index contributed by atoms with van der Waals surface area (Å²) in [7, 11) is 0. The molecule has 0 aromatic rings. The molecule has 2 N–H and O–H groups in total. The first-order chi connectivity index (χ1) is 31.9. The lowest BCUT2D eigenvalue weighted by atomic mass is 9.89. The molecule has 3 aliphatic carbocycles. The fourth-order valence-electron chi connectivity index (χ4n) is 9.00. The molecule has 0 aromatic carbocycles. The summed E-state index contributed by atoms with van der Waals surface area (Å²) in [5, 5.41) is 17.1. The molecular weight excluding hydrogens is 813 g/mol. The molecule has 4 aliphatic rings. The van der Waals surface area contributed by atoms with Gasteiger partial charge in [-0.2, -0.15) is 0 Å². The summed E-state index contributed by atoms with van der Waals surface area (Å²) < 4.78 is 16.3. The van der Waals surface area contributed by atoms with Gasteiger partial charge in [0.05, 0.1) is 43.2 Å². The number of carboxylic acids is 1. The largest absolute Gasteiger partial charge is 0.481 e. The highest BCUT2D eigenvalue weighted by molar-refractivity contribution is 5.73. The van der Waals surface area contributed by atoms with E-state index in [1.54, 1.807) is 0 Å². The molecule has 5 atom stereocenters. The second-order valence-corrected chi connectivity index (χ2v) is 19.6. The van der Waals surface area contributed by atoms with Crippen LogP contribution in [0.4, 0.5) is 0 Å². The molecular formula is C57H104O8. The van der Waals surface area contributed by atoms with Crippen molar-refractivity contribution in [1.29, 1.82) is 0 Å². The SMILES string of the molecule is CCCCCCCCCCCCO.CCCCCCCCCCCCOC(=O)C1CC=CCC1.CCCCCCCCCCCCOC(=O)C1CCC2OC2C1.O=C(O)C1CC=CCC1. The Balaban J connectivity index is 0.000000456. The molecule has 1 saturated heterocycles. The van der Waals surface area contributed by atoms with Crippen LogP contribution in [-0.2, 0) is 28.6 Å². The topological polar surface area (TPSA) is 123 Å². The van der Waals surface area contributed by atoms with Crippen molar-refractivity contribution >= 4 is 17.9 Å². The van der Waals surface area contributed by atoms with Crippen molar-refractivity contribution in [3.63, 3.8) is 0 Å². The number of allylic oxidation sites excluding steroid dienone is 4. The maximum absolute atomic E-state index is 11.9. The highest BCUT2D eigenvalue weighted by atomic mass is 16.6. The molecule has 0 radical (unpaired) electrons. The molecule has 380 valence electrons. The monoisotopic (exact) mass is 917 g/mol. The summed E-state index contributed by atoms with van der Waals surface area (Å²) in [5.74, 6) is -0.500. The van der Waals surface area contributed by atoms with Crippen LogP contribution in [0.15, 0.2) is 24.3 Å². The van der Waals surface area contributed by atoms with Crippen LogP contribution in [0.1, 0.15) is 271 Å². The number of rotatable bonds is 35. The smallest absolute Gasteiger partial charge is 0.309 e. The number of aliphatic carboxylic acids is 1. The number of unbranched alkanes of at least 4 members (excludes halogenated alkanes) is 27. The van der Waals surface area contributed by atoms with E-state index in [1.165, 1.54) is 173 Å². The molecule has 65 heavy (non-hydrogen) atoms. The van der Waals surface area contributed by atoms with Crippen LogP contribution in [0, 0.1) is 17.8 Å². The highest BCUT2D eigenvalue weighted by Gasteiger charge is 2.46. The first kappa shape index (κ1) is 60.8. The van der Waals surface area contributed by atoms with Crippen molar-refractivity contribution in [3.05, 3.63) is 24.3 Å². The van der Waals surface area contributed by atoms with Crippen molar-refractivity contribution in [2.45, 2.75) is 283 Å². The Kier molecular flexibility index (Phi) is 42.7. The van der Waals surface area contributed by atoms with E-state index < -0.39 is 5.97 Å². The molecule has 0 bridgehead atoms. The van der Waals surface area contributed by atoms with E-state index in [-0.39, 0.29) is 29.7 Å². The third-order valence-corrected chi connectivity index (χ3v) is 13.6. The molecule has 0 amide bonds. The summed E-state index contributed by atoms with van der Waals surface area (Å²) in [6.07, 6.45) is 56.9. The standard InChI is InChI=1S/C19H34O3.C19H34O2.C12H26O.C7H10O2/c1-2-3-4-5-6-7-8-9-10-11-14-21-19(20)16-12-13-17-18(15-16)22-17;1-2-3-4-5-6-7-8-9-10-14-17-21-19(20)18-15-12-11-13-16-18;1-2-3-4-5-6-7-8-9-10-11-12-13;8-7(9)6-4-2-1-3-5-6/h16-18H,2-15H2,1H3;11-12,18H,2-10,13-17H2,1H3;13H,2-12H2,1H3;1-2,6H,3-5H2,(H,8,9). The summed E-state index contributed by atoms with van der Waals surface area (Å²) in [4.78, 5) is 34.1. The molecule has 4 rings (SSSR count). The lowest BCUT2D eigenvalue weighted by molar-refractivity contribution is -0.150. The zero-order valence-electron chi connectivity index (χ0n) is 42.7. The van der Waals surface area contributed by atoms with Crippen LogP contribution in [-0.4, -0.2) is 60.1 Å². The molecule has 2 fully saturated rings. The van der Waals surface area contributed by atoms with Gasteiger partial charge in [0.1, 0.15) is 0 Å². The Morgan fingerprint density at radius 1 is 0.446 bits per heavy atom. The minimum Gasteiger partial charge on any atom is -0.481 e. The third-order valence-electron chi connectivity index (χ3n) is 13.6. The van der Waals surface area contributed by atoms with E-state index in [9.17, 15) is 14.4 Å². The van der Waals surface area contributed by atoms with Gasteiger partial charge in [-0.1, -0.05) is 218 Å². The summed E-state index contributed by atoms with van der Waals surface area (Å²) in [6, 6.07) is 0. The number of aliphatic hydroxyl groups excluding tert-OH is 1. The van der Waals surface area contributed by atoms with Crippen molar-refractivity contribution in [2.24, 2.45) is 17.8 Å². The van der Waals surface area contributed by atoms with Crippen LogP contribution in [0.5, 0.6) is 0 Å². The predicted octanol–water partition coefficient (Wildman–Crippen LogP) is 16.2. The Bertz CT molecular complexity index is 1140. The number of hydrogen-bond donors (Lipinski definition) is 2. The van der Waals surface area contributed by atoms with E-state index in [0.29, 0.717) is 32.0 Å². The molecule has 1 heterocycles. The number of esters is 2. The highest BCUT2D eigenvalue weighted by Crippen LogP contribution is 2.39. The van der Waals surface area contributed by atoms with E-state index in [1.807, 2.05) is 12.2 Å². The van der Waals surface area contributed by atoms with Crippen LogP contribution >= 0.6 is 0 Å². The maximum Gasteiger partial charge on any atom is 0.309 e. The van der Waals surface area contributed by atoms with Crippen LogP contribution in [0.3, 0.4) is 0 Å². The van der Waals surface area contributed by atoms with Gasteiger partial charge in [-0.25, -0.2) is 0 Å². The summed E-state index contributed by atoms with van der Waals surface area (Å²) in [5.41, 5.74) is 0. The van der Waals surface area contributed by atoms with Gasteiger partial charge in [-0.05, 0) is 77.0 Å². The molecule has 0 aromatic heterocycles. The minimum absolute atomic E-state index is 0.0184. The van der Waals surface area contributed by atoms with Crippen LogP contribution in [0.25, 0.3) is 0 Å². The second-order valence-electron chi connectivity index (χ2n) is 19.6. The lowest BCUT2D eigenvalue weighted by Gasteiger charge is -2.17. The molecule has 8 nitrogen and oxygen atoms in total. The number of carboxylic acid groups (broad SMARTS) is 1. The minimum atomic E-state index is -0.653. The van der Waals surface area contributed by atoms with E-state index >= 15 is 0 Å². The second kappa shape index (κ2) is 45.6. The number of hydrogen-bond acceptors (Lipinski definition) is 7. The van der Waals surface area contributed by atoms with Crippen molar-refractivity contribution in [3.8, 4) is 0 Å². The van der Waals surface area contributed by atoms with Gasteiger partial charge in [0.15, 0.2) is 0 Å². The first-order valence-electron chi connectivity index (χ1n) is 28.0. The maximum atomic E-state index is 11.9. The summed E-state index contributed by atoms with van der Waals surface area (Å²) in [6.45, 7) is 8.39. The van der Waals surface area contributed by atoms with Crippen molar-refractivity contribution < 1.29 is 38.8 Å². The Morgan fingerprint density at radius 2 is 0.815 bits per heavy atom. The van der Waals surface area contributed by atoms with Gasteiger partial charge in [-0.15, -0.1) is 0 Å². The van der Waals surface area contributed by atoms with Crippen LogP contribution < -0.4 is 0 Å². The number of carbonyl (C=O) groups excluding carboxylic acids is 2. The molecule has 0 spiro atoms. The predicted molar refractivity (Wildman–Crippen MR) is 271 cm³/mol. The number of carbonyl (C=O) groups is 3. The fraction of sp³-hybridized carbons (Fsp3) is 0.877. The van der Waals surface area contributed by atoms with Gasteiger partial charge >= 0.3 is 17.9 Å². The zero-order chi connectivity index (χ0) is 47.3. The molecule has 1 aliphatic heterocycles. The van der Waals surface area contributed by atoms with Gasteiger partial charge in [0.2, 0.25) is 0 Å². The van der Waals surface area contributed by atoms with Gasteiger partial charge in [0, 0.05) is 6.61 Å². The third kappa shape index (κ3) is 37.5. The Hall–Kier alpha value is -2.19. The van der Waals surface area contributed by atoms with Crippen molar-refractivity contribution in [1.82, 2.24) is 0 Å². The van der Waals surface area contributed by atoms with Gasteiger partial charge in [0.25, 0.3) is 0 Å². The molecule has 8 heteroatoms. The normalized spacial score (nSPS) is 20.5. The molecule has 5 unspecified atom stereocenters. The zero-order valence-corrected chi connectivity index (χ0v) is 42.7.